The number of ether oxygens (including phenoxy) is 1. The summed E-state index contributed by atoms with van der Waals surface area (Å²) in [6.07, 6.45) is 3.44. The SMILES string of the molecule is COc1cc2c(ccc(=O)n2C(C)c2cccnc2)cc1C(C(C)=O)=C(C)N. The second-order valence-electron chi connectivity index (χ2n) is 6.73. The van der Waals surface area contributed by atoms with Gasteiger partial charge in [-0.3, -0.25) is 14.6 Å². The molecule has 144 valence electrons. The molecule has 0 aliphatic heterocycles. The molecular formula is C22H23N3O3. The highest BCUT2D eigenvalue weighted by Gasteiger charge is 2.19. The molecule has 0 bridgehead atoms. The molecule has 0 spiro atoms. The fraction of sp³-hybridized carbons (Fsp3) is 0.227. The van der Waals surface area contributed by atoms with E-state index in [4.69, 9.17) is 10.5 Å². The number of ketones is 1. The van der Waals surface area contributed by atoms with E-state index >= 15 is 0 Å². The fourth-order valence-electron chi connectivity index (χ4n) is 3.50. The van der Waals surface area contributed by atoms with Crippen molar-refractivity contribution in [3.63, 3.8) is 0 Å². The lowest BCUT2D eigenvalue weighted by Gasteiger charge is -2.20. The van der Waals surface area contributed by atoms with E-state index in [1.165, 1.54) is 20.1 Å². The van der Waals surface area contributed by atoms with Crippen LogP contribution < -0.4 is 16.0 Å². The Bertz CT molecular complexity index is 1130. The van der Waals surface area contributed by atoms with Crippen LogP contribution in [0.2, 0.25) is 0 Å². The van der Waals surface area contributed by atoms with Crippen LogP contribution in [0.3, 0.4) is 0 Å². The lowest BCUT2D eigenvalue weighted by molar-refractivity contribution is -0.111. The number of allylic oxidation sites excluding steroid dienone is 2. The summed E-state index contributed by atoms with van der Waals surface area (Å²) in [4.78, 5) is 29.0. The first kappa shape index (κ1) is 19.4. The topological polar surface area (TPSA) is 87.2 Å². The summed E-state index contributed by atoms with van der Waals surface area (Å²) in [5.41, 5.74) is 8.90. The number of benzene rings is 1. The molecule has 6 heteroatoms. The van der Waals surface area contributed by atoms with E-state index in [1.54, 1.807) is 36.0 Å². The van der Waals surface area contributed by atoms with Gasteiger partial charge in [0.25, 0.3) is 5.56 Å². The molecule has 1 aromatic carbocycles. The van der Waals surface area contributed by atoms with Crippen LogP contribution in [-0.2, 0) is 4.79 Å². The molecule has 3 rings (SSSR count). The maximum atomic E-state index is 12.7. The van der Waals surface area contributed by atoms with Crippen LogP contribution >= 0.6 is 0 Å². The van der Waals surface area contributed by atoms with Crippen molar-refractivity contribution < 1.29 is 9.53 Å². The molecule has 0 saturated carbocycles. The molecule has 3 aromatic rings. The lowest BCUT2D eigenvalue weighted by Crippen LogP contribution is -2.23. The molecule has 0 saturated heterocycles. The zero-order chi connectivity index (χ0) is 20.4. The highest BCUT2D eigenvalue weighted by atomic mass is 16.5. The molecule has 0 aliphatic carbocycles. The second kappa shape index (κ2) is 7.68. The average molecular weight is 377 g/mol. The largest absolute Gasteiger partial charge is 0.496 e. The first-order valence-corrected chi connectivity index (χ1v) is 8.96. The Morgan fingerprint density at radius 2 is 1.96 bits per heavy atom. The quantitative estimate of drug-likeness (QED) is 0.690. The van der Waals surface area contributed by atoms with Crippen LogP contribution in [-0.4, -0.2) is 22.4 Å². The van der Waals surface area contributed by atoms with E-state index in [1.807, 2.05) is 25.1 Å². The smallest absolute Gasteiger partial charge is 0.251 e. The highest BCUT2D eigenvalue weighted by Crippen LogP contribution is 2.33. The zero-order valence-electron chi connectivity index (χ0n) is 16.4. The first-order chi connectivity index (χ1) is 13.3. The summed E-state index contributed by atoms with van der Waals surface area (Å²) in [5, 5.41) is 0.811. The van der Waals surface area contributed by atoms with Gasteiger partial charge in [0, 0.05) is 41.4 Å². The Hall–Kier alpha value is -3.41. The molecular weight excluding hydrogens is 354 g/mol. The number of rotatable bonds is 5. The van der Waals surface area contributed by atoms with Crippen molar-refractivity contribution in [1.29, 1.82) is 0 Å². The number of aromatic nitrogens is 2. The van der Waals surface area contributed by atoms with Crippen molar-refractivity contribution in [3.05, 3.63) is 76.0 Å². The van der Waals surface area contributed by atoms with Gasteiger partial charge in [-0.05, 0) is 49.9 Å². The van der Waals surface area contributed by atoms with Crippen LogP contribution in [0, 0.1) is 0 Å². The zero-order valence-corrected chi connectivity index (χ0v) is 16.4. The normalized spacial score (nSPS) is 13.1. The summed E-state index contributed by atoms with van der Waals surface area (Å²) < 4.78 is 7.24. The van der Waals surface area contributed by atoms with E-state index in [0.29, 0.717) is 28.1 Å². The number of nitrogens with two attached hydrogens (primary N) is 1. The summed E-state index contributed by atoms with van der Waals surface area (Å²) in [6, 6.07) is 10.4. The van der Waals surface area contributed by atoms with Crippen molar-refractivity contribution in [3.8, 4) is 5.75 Å². The monoisotopic (exact) mass is 377 g/mol. The van der Waals surface area contributed by atoms with E-state index in [9.17, 15) is 9.59 Å². The van der Waals surface area contributed by atoms with E-state index < -0.39 is 0 Å². The summed E-state index contributed by atoms with van der Waals surface area (Å²) in [5.74, 6) is 0.343. The molecule has 0 amide bonds. The number of fused-ring (bicyclic) bond motifs is 1. The predicted molar refractivity (Wildman–Crippen MR) is 110 cm³/mol. The Balaban J connectivity index is 2.32. The number of Topliss-reactive ketones (excluding diaryl/α,β-unsaturated/α-hetero) is 1. The summed E-state index contributed by atoms with van der Waals surface area (Å²) in [7, 11) is 1.53. The van der Waals surface area contributed by atoms with Crippen LogP contribution in [0.4, 0.5) is 0 Å². The third-order valence-corrected chi connectivity index (χ3v) is 4.82. The van der Waals surface area contributed by atoms with Gasteiger partial charge >= 0.3 is 0 Å². The van der Waals surface area contributed by atoms with Gasteiger partial charge in [0.15, 0.2) is 5.78 Å². The molecule has 0 radical (unpaired) electrons. The van der Waals surface area contributed by atoms with Gasteiger partial charge < -0.3 is 15.0 Å². The number of pyridine rings is 2. The van der Waals surface area contributed by atoms with Crippen LogP contribution in [0.1, 0.15) is 37.9 Å². The fourth-order valence-corrected chi connectivity index (χ4v) is 3.50. The Morgan fingerprint density at radius 3 is 2.54 bits per heavy atom. The highest BCUT2D eigenvalue weighted by molar-refractivity contribution is 6.21. The Kier molecular flexibility index (Phi) is 5.31. The van der Waals surface area contributed by atoms with Gasteiger partial charge in [-0.15, -0.1) is 0 Å². The summed E-state index contributed by atoms with van der Waals surface area (Å²) in [6.45, 7) is 5.11. The van der Waals surface area contributed by atoms with Crippen molar-refractivity contribution in [2.45, 2.75) is 26.8 Å². The third-order valence-electron chi connectivity index (χ3n) is 4.82. The van der Waals surface area contributed by atoms with E-state index in [2.05, 4.69) is 4.98 Å². The standard InChI is InChI=1S/C22H23N3O3/c1-13(23)22(15(3)26)18-10-16-7-8-21(27)25(19(16)11-20(18)28-4)14(2)17-6-5-9-24-12-17/h5-12,14H,23H2,1-4H3. The Labute approximate surface area is 163 Å². The van der Waals surface area contributed by atoms with E-state index in [-0.39, 0.29) is 17.4 Å². The number of carbonyl (C=O) groups is 1. The molecule has 2 aromatic heterocycles. The number of hydrogen-bond acceptors (Lipinski definition) is 5. The lowest BCUT2D eigenvalue weighted by atomic mass is 9.97. The van der Waals surface area contributed by atoms with Crippen molar-refractivity contribution >= 4 is 22.3 Å². The van der Waals surface area contributed by atoms with Gasteiger partial charge in [-0.25, -0.2) is 0 Å². The Morgan fingerprint density at radius 1 is 1.21 bits per heavy atom. The van der Waals surface area contributed by atoms with Crippen LogP contribution in [0.25, 0.3) is 16.5 Å². The number of nitrogens with zero attached hydrogens (tertiary/aromatic N) is 2. The van der Waals surface area contributed by atoms with Crippen LogP contribution in [0.5, 0.6) is 5.75 Å². The molecule has 6 nitrogen and oxygen atoms in total. The molecule has 0 aliphatic rings. The summed E-state index contributed by atoms with van der Waals surface area (Å²) >= 11 is 0. The maximum Gasteiger partial charge on any atom is 0.251 e. The number of methoxy groups -OCH3 is 1. The van der Waals surface area contributed by atoms with Gasteiger partial charge in [0.2, 0.25) is 0 Å². The average Bonchev–Trinajstić information content (AvgIpc) is 2.67. The van der Waals surface area contributed by atoms with Gasteiger partial charge in [-0.2, -0.15) is 0 Å². The molecule has 1 atom stereocenters. The molecule has 2 N–H and O–H groups in total. The number of hydrogen-bond donors (Lipinski definition) is 1. The first-order valence-electron chi connectivity index (χ1n) is 8.96. The molecule has 1 unspecified atom stereocenters. The van der Waals surface area contributed by atoms with E-state index in [0.717, 1.165) is 10.9 Å². The third kappa shape index (κ3) is 3.41. The minimum atomic E-state index is -0.223. The van der Waals surface area contributed by atoms with Crippen molar-refractivity contribution in [2.24, 2.45) is 5.73 Å². The van der Waals surface area contributed by atoms with Crippen molar-refractivity contribution in [1.82, 2.24) is 9.55 Å². The van der Waals surface area contributed by atoms with Gasteiger partial charge in [0.05, 0.1) is 18.7 Å². The molecule has 2 heterocycles. The molecule has 28 heavy (non-hydrogen) atoms. The van der Waals surface area contributed by atoms with Crippen molar-refractivity contribution in [2.75, 3.05) is 7.11 Å². The maximum absolute atomic E-state index is 12.7. The predicted octanol–water partition coefficient (Wildman–Crippen LogP) is 3.29. The molecule has 0 fully saturated rings. The number of carbonyl (C=O) groups excluding carboxylic acids is 1. The minimum absolute atomic E-state index is 0.129. The minimum Gasteiger partial charge on any atom is -0.496 e. The second-order valence-corrected chi connectivity index (χ2v) is 6.73. The van der Waals surface area contributed by atoms with Gasteiger partial charge in [0.1, 0.15) is 5.75 Å². The van der Waals surface area contributed by atoms with Crippen LogP contribution in [0.15, 0.2) is 59.3 Å². The van der Waals surface area contributed by atoms with Gasteiger partial charge in [-0.1, -0.05) is 6.07 Å².